The van der Waals surface area contributed by atoms with E-state index in [-0.39, 0.29) is 41.3 Å². The lowest BCUT2D eigenvalue weighted by molar-refractivity contribution is -0.0203. The molecule has 2 saturated heterocycles. The summed E-state index contributed by atoms with van der Waals surface area (Å²) in [6.45, 7) is 1.51. The lowest BCUT2D eigenvalue weighted by Crippen LogP contribution is -2.62. The number of hydrogen-bond acceptors (Lipinski definition) is 9. The van der Waals surface area contributed by atoms with E-state index in [0.29, 0.717) is 35.8 Å². The molecule has 6 heterocycles. The summed E-state index contributed by atoms with van der Waals surface area (Å²) in [7, 11) is 0. The molecule has 12 nitrogen and oxygen atoms in total. The molecule has 188 valence electrons. The number of Topliss-reactive ketones (excluding diaryl/α,β-unsaturated/α-hetero) is 1. The van der Waals surface area contributed by atoms with Crippen LogP contribution in [0.2, 0.25) is 0 Å². The average Bonchev–Trinajstić information content (AvgIpc) is 3.35. The summed E-state index contributed by atoms with van der Waals surface area (Å²) in [5, 5.41) is 15.4. The first-order chi connectivity index (χ1) is 18.0. The molecule has 1 amide bonds. The molecule has 2 saturated carbocycles. The van der Waals surface area contributed by atoms with Crippen molar-refractivity contribution in [3.05, 3.63) is 47.9 Å². The molecule has 3 atom stereocenters. The Bertz CT molecular complexity index is 1510. The fraction of sp³-hybridized carbons (Fsp3) is 0.400. The van der Waals surface area contributed by atoms with E-state index in [9.17, 15) is 9.59 Å². The Morgan fingerprint density at radius 1 is 1.14 bits per heavy atom. The van der Waals surface area contributed by atoms with Gasteiger partial charge in [0.2, 0.25) is 5.82 Å². The van der Waals surface area contributed by atoms with Crippen LogP contribution in [0.1, 0.15) is 71.6 Å². The zero-order valence-corrected chi connectivity index (χ0v) is 20.3. The van der Waals surface area contributed by atoms with Crippen LogP contribution < -0.4 is 11.1 Å². The normalized spacial score (nSPS) is 22.6. The van der Waals surface area contributed by atoms with Crippen molar-refractivity contribution in [2.24, 2.45) is 0 Å². The number of piperidine rings is 1. The monoisotopic (exact) mass is 498 g/mol. The summed E-state index contributed by atoms with van der Waals surface area (Å²) >= 11 is 0. The van der Waals surface area contributed by atoms with E-state index in [1.165, 1.54) is 30.6 Å². The number of pyridine rings is 1. The Labute approximate surface area is 211 Å². The Balaban J connectivity index is 1.23. The van der Waals surface area contributed by atoms with E-state index in [2.05, 4.69) is 30.6 Å². The van der Waals surface area contributed by atoms with Crippen molar-refractivity contribution in [2.75, 3.05) is 11.1 Å². The first kappa shape index (κ1) is 21.9. The SMILES string of the molecule is CC(=O)c1c([C@H]2C[C@@H]3C[C@H](C2)N3C(=O)c2nnc[nH]2)nc2c(-c3ccc(NC4CC4)nc3)cnn2c1N. The van der Waals surface area contributed by atoms with Crippen LogP contribution >= 0.6 is 0 Å². The van der Waals surface area contributed by atoms with Gasteiger partial charge in [-0.05, 0) is 51.2 Å². The molecule has 4 N–H and O–H groups in total. The van der Waals surface area contributed by atoms with E-state index in [0.717, 1.165) is 23.4 Å². The first-order valence-electron chi connectivity index (χ1n) is 12.6. The highest BCUT2D eigenvalue weighted by Crippen LogP contribution is 2.47. The first-order valence-corrected chi connectivity index (χ1v) is 12.6. The zero-order chi connectivity index (χ0) is 25.3. The smallest absolute Gasteiger partial charge is 0.292 e. The van der Waals surface area contributed by atoms with Gasteiger partial charge in [-0.3, -0.25) is 9.59 Å². The number of nitrogens with zero attached hydrogens (tertiary/aromatic N) is 7. The summed E-state index contributed by atoms with van der Waals surface area (Å²) in [4.78, 5) is 39.8. The molecule has 0 aromatic carbocycles. The van der Waals surface area contributed by atoms with Crippen molar-refractivity contribution in [3.63, 3.8) is 0 Å². The second-order valence-corrected chi connectivity index (χ2v) is 10.2. The Hall–Kier alpha value is -4.35. The molecule has 0 spiro atoms. The van der Waals surface area contributed by atoms with Crippen molar-refractivity contribution in [2.45, 2.75) is 63.1 Å². The summed E-state index contributed by atoms with van der Waals surface area (Å²) in [5.74, 6) is 1.09. The van der Waals surface area contributed by atoms with Crippen LogP contribution in [0, 0.1) is 0 Å². The fourth-order valence-corrected chi connectivity index (χ4v) is 5.83. The minimum absolute atomic E-state index is 0.000260. The van der Waals surface area contributed by atoms with Crippen LogP contribution in [0.25, 0.3) is 16.8 Å². The highest BCUT2D eigenvalue weighted by atomic mass is 16.2. The standard InChI is InChI=1S/C25H26N10O2/c1-12(36)20-21(14-6-16-8-17(7-14)34(16)25(37)23-28-11-29-33-23)32-24-18(10-30-35(24)22(20)26)13-2-5-19(27-9-13)31-15-3-4-15/h2,5,9-11,14-17H,3-4,6-8,26H2,1H3,(H,27,31)(H,28,29,33)/t14-,16+,17-. The van der Waals surface area contributed by atoms with E-state index in [1.54, 1.807) is 12.4 Å². The van der Waals surface area contributed by atoms with Crippen LogP contribution in [0.15, 0.2) is 30.9 Å². The number of fused-ring (bicyclic) bond motifs is 3. The predicted molar refractivity (Wildman–Crippen MR) is 134 cm³/mol. The van der Waals surface area contributed by atoms with Crippen molar-refractivity contribution < 1.29 is 9.59 Å². The fourth-order valence-electron chi connectivity index (χ4n) is 5.83. The molecule has 2 aliphatic carbocycles. The van der Waals surface area contributed by atoms with E-state index >= 15 is 0 Å². The number of aromatic nitrogens is 7. The third kappa shape index (κ3) is 3.54. The molecule has 12 heteroatoms. The number of hydrogen-bond donors (Lipinski definition) is 3. The number of nitrogens with one attached hydrogen (secondary N) is 2. The van der Waals surface area contributed by atoms with Gasteiger partial charge in [0, 0.05) is 41.4 Å². The molecule has 4 aromatic heterocycles. The van der Waals surface area contributed by atoms with E-state index in [4.69, 9.17) is 10.7 Å². The van der Waals surface area contributed by atoms with Gasteiger partial charge in [0.1, 0.15) is 18.0 Å². The van der Waals surface area contributed by atoms with Crippen LogP contribution in [0.3, 0.4) is 0 Å². The minimum atomic E-state index is -0.148. The van der Waals surface area contributed by atoms with Crippen molar-refractivity contribution in [1.29, 1.82) is 0 Å². The van der Waals surface area contributed by atoms with Crippen LogP contribution in [-0.4, -0.2) is 69.5 Å². The Morgan fingerprint density at radius 3 is 2.59 bits per heavy atom. The number of ketones is 1. The molecule has 4 aromatic rings. The summed E-state index contributed by atoms with van der Waals surface area (Å²) < 4.78 is 1.54. The number of aromatic amines is 1. The number of amides is 1. The van der Waals surface area contributed by atoms with Gasteiger partial charge in [0.05, 0.1) is 17.5 Å². The molecule has 0 unspecified atom stereocenters. The lowest BCUT2D eigenvalue weighted by atomic mass is 9.71. The summed E-state index contributed by atoms with van der Waals surface area (Å²) in [5.41, 5.74) is 9.88. The highest BCUT2D eigenvalue weighted by Gasteiger charge is 2.49. The number of nitrogen functional groups attached to an aromatic ring is 1. The Kier molecular flexibility index (Phi) is 4.78. The molecule has 2 bridgehead atoms. The topological polar surface area (TPSA) is 160 Å². The van der Waals surface area contributed by atoms with E-state index in [1.807, 2.05) is 17.0 Å². The molecule has 4 aliphatic rings. The maximum Gasteiger partial charge on any atom is 0.292 e. The van der Waals surface area contributed by atoms with Gasteiger partial charge in [-0.2, -0.15) is 9.61 Å². The van der Waals surface area contributed by atoms with Crippen molar-refractivity contribution in [1.82, 2.24) is 39.7 Å². The largest absolute Gasteiger partial charge is 0.383 e. The van der Waals surface area contributed by atoms with Gasteiger partial charge in [-0.1, -0.05) is 0 Å². The number of carbonyl (C=O) groups is 2. The van der Waals surface area contributed by atoms with Crippen LogP contribution in [0.5, 0.6) is 0 Å². The molecule has 0 radical (unpaired) electrons. The second-order valence-electron chi connectivity index (χ2n) is 10.2. The maximum atomic E-state index is 12.9. The highest BCUT2D eigenvalue weighted by molar-refractivity contribution is 6.00. The van der Waals surface area contributed by atoms with E-state index < -0.39 is 0 Å². The Morgan fingerprint density at radius 2 is 1.95 bits per heavy atom. The van der Waals surface area contributed by atoms with Crippen LogP contribution in [-0.2, 0) is 0 Å². The average molecular weight is 499 g/mol. The van der Waals surface area contributed by atoms with Gasteiger partial charge in [0.15, 0.2) is 11.4 Å². The molecule has 4 fully saturated rings. The second kappa shape index (κ2) is 8.08. The number of carbonyl (C=O) groups excluding carboxylic acids is 2. The molecular formula is C25H26N10O2. The molecule has 37 heavy (non-hydrogen) atoms. The minimum Gasteiger partial charge on any atom is -0.383 e. The predicted octanol–water partition coefficient (Wildman–Crippen LogP) is 2.43. The number of H-pyrrole nitrogens is 1. The lowest BCUT2D eigenvalue weighted by Gasteiger charge is -2.55. The van der Waals surface area contributed by atoms with Gasteiger partial charge in [0.25, 0.3) is 5.91 Å². The van der Waals surface area contributed by atoms with Crippen LogP contribution in [0.4, 0.5) is 11.6 Å². The van der Waals surface area contributed by atoms with Gasteiger partial charge >= 0.3 is 0 Å². The van der Waals surface area contributed by atoms with Gasteiger partial charge in [-0.15, -0.1) is 10.2 Å². The van der Waals surface area contributed by atoms with Gasteiger partial charge in [-0.25, -0.2) is 9.97 Å². The number of anilines is 2. The quantitative estimate of drug-likeness (QED) is 0.339. The number of rotatable bonds is 6. The third-order valence-electron chi connectivity index (χ3n) is 7.75. The molecular weight excluding hydrogens is 472 g/mol. The third-order valence-corrected chi connectivity index (χ3v) is 7.75. The number of nitrogens with two attached hydrogens (primary N) is 1. The maximum absolute atomic E-state index is 12.9. The summed E-state index contributed by atoms with van der Waals surface area (Å²) in [6, 6.07) is 4.59. The van der Waals surface area contributed by atoms with Crippen molar-refractivity contribution >= 4 is 29.0 Å². The zero-order valence-electron chi connectivity index (χ0n) is 20.3. The summed E-state index contributed by atoms with van der Waals surface area (Å²) in [6.07, 6.45) is 9.61. The van der Waals surface area contributed by atoms with Crippen molar-refractivity contribution in [3.8, 4) is 11.1 Å². The molecule has 2 aliphatic heterocycles. The molecule has 8 rings (SSSR count). The van der Waals surface area contributed by atoms with Gasteiger partial charge < -0.3 is 20.9 Å².